The van der Waals surface area contributed by atoms with Gasteiger partial charge in [-0.25, -0.2) is 0 Å². The van der Waals surface area contributed by atoms with Crippen molar-refractivity contribution in [1.82, 2.24) is 0 Å². The number of anilines is 1. The lowest BCUT2D eigenvalue weighted by Gasteiger charge is -2.44. The van der Waals surface area contributed by atoms with Crippen LogP contribution in [-0.4, -0.2) is 74.3 Å². The van der Waals surface area contributed by atoms with Crippen LogP contribution in [0.4, 0.5) is 5.69 Å². The number of nitrogens with one attached hydrogen (secondary N) is 1. The molecule has 1 fully saturated rings. The van der Waals surface area contributed by atoms with E-state index in [9.17, 15) is 19.2 Å². The molecule has 1 heterocycles. The number of hydrogen-bond donors (Lipinski definition) is 1. The van der Waals surface area contributed by atoms with Gasteiger partial charge in [-0.15, -0.1) is 0 Å². The Hall–Kier alpha value is -3.18. The van der Waals surface area contributed by atoms with Gasteiger partial charge in [0.05, 0.1) is 6.61 Å². The molecule has 0 radical (unpaired) electrons. The van der Waals surface area contributed by atoms with E-state index in [0.29, 0.717) is 6.54 Å². The third kappa shape index (κ3) is 8.70. The van der Waals surface area contributed by atoms with Crippen LogP contribution in [0.1, 0.15) is 27.7 Å². The van der Waals surface area contributed by atoms with E-state index >= 15 is 0 Å². The van der Waals surface area contributed by atoms with E-state index in [0.717, 1.165) is 19.5 Å². The monoisotopic (exact) mass is 467 g/mol. The van der Waals surface area contributed by atoms with E-state index in [1.54, 1.807) is 0 Å². The summed E-state index contributed by atoms with van der Waals surface area (Å²) in [6.45, 7) is 4.90. The first kappa shape index (κ1) is 26.1. The zero-order valence-corrected chi connectivity index (χ0v) is 19.0. The van der Waals surface area contributed by atoms with Crippen molar-refractivity contribution in [2.24, 2.45) is 0 Å². The Balaban J connectivity index is 2.21. The van der Waals surface area contributed by atoms with Crippen molar-refractivity contribution >= 4 is 29.6 Å². The molecule has 1 aromatic carbocycles. The van der Waals surface area contributed by atoms with E-state index < -0.39 is 54.6 Å². The van der Waals surface area contributed by atoms with Crippen molar-refractivity contribution in [2.75, 3.05) is 25.1 Å². The van der Waals surface area contributed by atoms with Crippen LogP contribution in [0, 0.1) is 0 Å². The van der Waals surface area contributed by atoms with Crippen LogP contribution < -0.4 is 5.32 Å². The van der Waals surface area contributed by atoms with Gasteiger partial charge in [0.15, 0.2) is 24.6 Å². The Morgan fingerprint density at radius 2 is 1.39 bits per heavy atom. The maximum absolute atomic E-state index is 11.8. The minimum absolute atomic E-state index is 0.128. The van der Waals surface area contributed by atoms with Gasteiger partial charge in [-0.3, -0.25) is 19.2 Å². The van der Waals surface area contributed by atoms with Gasteiger partial charge in [0, 0.05) is 39.9 Å². The molecule has 0 bridgehead atoms. The highest BCUT2D eigenvalue weighted by Gasteiger charge is 2.52. The number of carbonyl (C=O) groups excluding carboxylic acids is 4. The van der Waals surface area contributed by atoms with Crippen molar-refractivity contribution in [1.29, 1.82) is 0 Å². The molecule has 0 spiro atoms. The van der Waals surface area contributed by atoms with Gasteiger partial charge in [0.25, 0.3) is 0 Å². The van der Waals surface area contributed by atoms with Gasteiger partial charge in [-0.2, -0.15) is 0 Å². The van der Waals surface area contributed by atoms with Gasteiger partial charge in [-0.1, -0.05) is 18.2 Å². The molecule has 0 amide bonds. The molecule has 1 aliphatic rings. The molecule has 182 valence electrons. The van der Waals surface area contributed by atoms with E-state index in [4.69, 9.17) is 28.4 Å². The van der Waals surface area contributed by atoms with E-state index in [2.05, 4.69) is 5.32 Å². The van der Waals surface area contributed by atoms with Crippen molar-refractivity contribution in [3.63, 3.8) is 0 Å². The summed E-state index contributed by atoms with van der Waals surface area (Å²) < 4.78 is 32.7. The molecule has 5 atom stereocenters. The van der Waals surface area contributed by atoms with Gasteiger partial charge < -0.3 is 33.7 Å². The zero-order chi connectivity index (χ0) is 24.4. The zero-order valence-electron chi connectivity index (χ0n) is 19.0. The van der Waals surface area contributed by atoms with Crippen LogP contribution in [-0.2, 0) is 47.6 Å². The number of para-hydroxylation sites is 1. The second kappa shape index (κ2) is 12.8. The summed E-state index contributed by atoms with van der Waals surface area (Å²) in [6.07, 6.45) is -5.93. The Labute approximate surface area is 191 Å². The lowest BCUT2D eigenvalue weighted by atomic mass is 9.98. The fraction of sp³-hybridized carbons (Fsp3) is 0.545. The predicted molar refractivity (Wildman–Crippen MR) is 113 cm³/mol. The average Bonchev–Trinajstić information content (AvgIpc) is 2.73. The normalized spacial score (nSPS) is 24.3. The summed E-state index contributed by atoms with van der Waals surface area (Å²) >= 11 is 0. The molecule has 0 saturated carbocycles. The minimum atomic E-state index is -1.25. The number of benzene rings is 1. The molecular weight excluding hydrogens is 438 g/mol. The SMILES string of the molecule is CC(=O)OCC1O[C@@H](OCCNc2ccccc2)C(OC(C)=O)C(OC(C)=O)[C@@H]1OC(C)=O. The average molecular weight is 467 g/mol. The fourth-order valence-electron chi connectivity index (χ4n) is 3.25. The summed E-state index contributed by atoms with van der Waals surface area (Å²) in [4.78, 5) is 46.6. The van der Waals surface area contributed by atoms with Crippen LogP contribution in [0.2, 0.25) is 0 Å². The Morgan fingerprint density at radius 1 is 0.818 bits per heavy atom. The van der Waals surface area contributed by atoms with Crippen molar-refractivity contribution in [2.45, 2.75) is 58.4 Å². The quantitative estimate of drug-likeness (QED) is 0.302. The molecule has 1 N–H and O–H groups in total. The van der Waals surface area contributed by atoms with Crippen LogP contribution in [0.5, 0.6) is 0 Å². The highest BCUT2D eigenvalue weighted by molar-refractivity contribution is 5.68. The third-order valence-electron chi connectivity index (χ3n) is 4.44. The highest BCUT2D eigenvalue weighted by atomic mass is 16.7. The first-order valence-corrected chi connectivity index (χ1v) is 10.4. The molecule has 1 saturated heterocycles. The summed E-state index contributed by atoms with van der Waals surface area (Å²) in [5, 5.41) is 3.16. The molecular formula is C22H29NO10. The maximum atomic E-state index is 11.8. The van der Waals surface area contributed by atoms with Crippen molar-refractivity contribution in [3.8, 4) is 0 Å². The second-order valence-electron chi connectivity index (χ2n) is 7.23. The molecule has 1 aliphatic heterocycles. The van der Waals surface area contributed by atoms with Crippen molar-refractivity contribution < 1.29 is 47.6 Å². The summed E-state index contributed by atoms with van der Waals surface area (Å²) in [5.74, 6) is -2.67. The summed E-state index contributed by atoms with van der Waals surface area (Å²) in [6, 6.07) is 9.41. The molecule has 33 heavy (non-hydrogen) atoms. The van der Waals surface area contributed by atoms with Gasteiger partial charge >= 0.3 is 23.9 Å². The summed E-state index contributed by atoms with van der Waals surface area (Å²) in [7, 11) is 0. The topological polar surface area (TPSA) is 136 Å². The van der Waals surface area contributed by atoms with Crippen LogP contribution >= 0.6 is 0 Å². The molecule has 0 aliphatic carbocycles. The molecule has 0 aromatic heterocycles. The first-order chi connectivity index (χ1) is 15.7. The Kier molecular flexibility index (Phi) is 10.1. The largest absolute Gasteiger partial charge is 0.463 e. The van der Waals surface area contributed by atoms with Gasteiger partial charge in [0.1, 0.15) is 12.7 Å². The number of esters is 4. The smallest absolute Gasteiger partial charge is 0.303 e. The van der Waals surface area contributed by atoms with Crippen LogP contribution in [0.15, 0.2) is 30.3 Å². The number of carbonyl (C=O) groups is 4. The standard InChI is InChI=1S/C22H29NO10/c1-13(24)29-12-18-19(30-14(2)25)20(31-15(3)26)21(32-16(4)27)22(33-18)28-11-10-23-17-8-6-5-7-9-17/h5-9,18-23H,10-12H2,1-4H3/t18?,19-,20?,21?,22-/m1/s1. The first-order valence-electron chi connectivity index (χ1n) is 10.4. The summed E-state index contributed by atoms with van der Waals surface area (Å²) in [5.41, 5.74) is 0.877. The van der Waals surface area contributed by atoms with Crippen LogP contribution in [0.3, 0.4) is 0 Å². The number of ether oxygens (including phenoxy) is 6. The minimum Gasteiger partial charge on any atom is -0.463 e. The molecule has 1 aromatic rings. The van der Waals surface area contributed by atoms with Crippen LogP contribution in [0.25, 0.3) is 0 Å². The van der Waals surface area contributed by atoms with Crippen molar-refractivity contribution in [3.05, 3.63) is 30.3 Å². The Bertz CT molecular complexity index is 815. The van der Waals surface area contributed by atoms with Gasteiger partial charge in [0.2, 0.25) is 0 Å². The molecule has 11 nitrogen and oxygen atoms in total. The van der Waals surface area contributed by atoms with E-state index in [-0.39, 0.29) is 13.2 Å². The number of hydrogen-bond acceptors (Lipinski definition) is 11. The lowest BCUT2D eigenvalue weighted by molar-refractivity contribution is -0.307. The maximum Gasteiger partial charge on any atom is 0.303 e. The van der Waals surface area contributed by atoms with E-state index in [1.807, 2.05) is 30.3 Å². The molecule has 11 heteroatoms. The van der Waals surface area contributed by atoms with E-state index in [1.165, 1.54) is 13.8 Å². The number of rotatable bonds is 10. The predicted octanol–water partition coefficient (Wildman–Crippen LogP) is 1.20. The Morgan fingerprint density at radius 3 is 1.97 bits per heavy atom. The molecule has 2 rings (SSSR count). The lowest BCUT2D eigenvalue weighted by Crippen LogP contribution is -2.63. The fourth-order valence-corrected chi connectivity index (χ4v) is 3.25. The highest BCUT2D eigenvalue weighted by Crippen LogP contribution is 2.30. The molecule has 3 unspecified atom stereocenters. The third-order valence-corrected chi connectivity index (χ3v) is 4.44. The van der Waals surface area contributed by atoms with Gasteiger partial charge in [-0.05, 0) is 12.1 Å². The second-order valence-corrected chi connectivity index (χ2v) is 7.23.